The molecule has 0 aromatic carbocycles. The molecule has 2 aliphatic rings. The molecule has 2 aliphatic carbocycles. The molecule has 25 heavy (non-hydrogen) atoms. The summed E-state index contributed by atoms with van der Waals surface area (Å²) in [4.78, 5) is 8.92. The molecule has 0 bridgehead atoms. The fourth-order valence-corrected chi connectivity index (χ4v) is 4.93. The molecule has 1 heterocycles. The lowest BCUT2D eigenvalue weighted by Gasteiger charge is -2.54. The maximum atomic E-state index is 5.99. The summed E-state index contributed by atoms with van der Waals surface area (Å²) < 4.78 is 5.99. The number of thiazole rings is 1. The van der Waals surface area contributed by atoms with Gasteiger partial charge in [-0.3, -0.25) is 4.99 Å². The molecule has 2 atom stereocenters. The number of ether oxygens (including phenoxy) is 1. The summed E-state index contributed by atoms with van der Waals surface area (Å²) in [5.74, 6) is 0.910. The summed E-state index contributed by atoms with van der Waals surface area (Å²) in [6.07, 6.45) is 7.68. The van der Waals surface area contributed by atoms with Crippen LogP contribution in [0.5, 0.6) is 0 Å². The molecule has 7 heteroatoms. The van der Waals surface area contributed by atoms with Crippen LogP contribution in [0.4, 0.5) is 0 Å². The molecule has 2 unspecified atom stereocenters. The molecule has 2 fully saturated rings. The quantitative estimate of drug-likeness (QED) is 0.373. The molecule has 1 spiro atoms. The Morgan fingerprint density at radius 2 is 2.20 bits per heavy atom. The Morgan fingerprint density at radius 3 is 2.80 bits per heavy atom. The fraction of sp³-hybridized carbons (Fsp3) is 0.778. The second-order valence-electron chi connectivity index (χ2n) is 6.92. The van der Waals surface area contributed by atoms with Crippen molar-refractivity contribution in [2.75, 3.05) is 20.2 Å². The molecule has 0 amide bonds. The third-order valence-electron chi connectivity index (χ3n) is 5.56. The fourth-order valence-electron chi connectivity index (χ4n) is 4.28. The third kappa shape index (κ3) is 4.66. The highest BCUT2D eigenvalue weighted by Crippen LogP contribution is 2.54. The van der Waals surface area contributed by atoms with Crippen molar-refractivity contribution >= 4 is 41.3 Å². The third-order valence-corrected chi connectivity index (χ3v) is 6.38. The van der Waals surface area contributed by atoms with Gasteiger partial charge in [-0.25, -0.2) is 4.98 Å². The predicted molar refractivity (Wildman–Crippen MR) is 115 cm³/mol. The summed E-state index contributed by atoms with van der Waals surface area (Å²) in [7, 11) is 1.85. The van der Waals surface area contributed by atoms with Crippen LogP contribution in [0, 0.1) is 12.3 Å². The highest BCUT2D eigenvalue weighted by molar-refractivity contribution is 14.0. The lowest BCUT2D eigenvalue weighted by molar-refractivity contribution is -0.125. The summed E-state index contributed by atoms with van der Waals surface area (Å²) in [5, 5.41) is 10.4. The average molecular weight is 478 g/mol. The number of hydrogen-bond acceptors (Lipinski definition) is 4. The SMILES string of the molecule is CCOC1CC(NC(=NC)NCCc2csc(C)n2)C12CCCC2.I. The number of hydrogen-bond donors (Lipinski definition) is 2. The Bertz CT molecular complexity index is 571. The van der Waals surface area contributed by atoms with E-state index in [1.165, 1.54) is 25.7 Å². The van der Waals surface area contributed by atoms with Crippen molar-refractivity contribution in [3.8, 4) is 0 Å². The Morgan fingerprint density at radius 1 is 1.44 bits per heavy atom. The van der Waals surface area contributed by atoms with Gasteiger partial charge in [0, 0.05) is 43.5 Å². The van der Waals surface area contributed by atoms with E-state index >= 15 is 0 Å². The van der Waals surface area contributed by atoms with Crippen LogP contribution >= 0.6 is 35.3 Å². The van der Waals surface area contributed by atoms with Gasteiger partial charge >= 0.3 is 0 Å². The molecule has 0 saturated heterocycles. The van der Waals surface area contributed by atoms with Gasteiger partial charge in [0.15, 0.2) is 5.96 Å². The van der Waals surface area contributed by atoms with Crippen molar-refractivity contribution in [3.05, 3.63) is 16.1 Å². The van der Waals surface area contributed by atoms with E-state index < -0.39 is 0 Å². The lowest BCUT2D eigenvalue weighted by Crippen LogP contribution is -2.65. The van der Waals surface area contributed by atoms with E-state index in [9.17, 15) is 0 Å². The normalized spacial score (nSPS) is 24.7. The average Bonchev–Trinajstić information content (AvgIpc) is 3.23. The van der Waals surface area contributed by atoms with Crippen molar-refractivity contribution in [1.29, 1.82) is 0 Å². The van der Waals surface area contributed by atoms with Crippen LogP contribution in [-0.4, -0.2) is 43.3 Å². The Kier molecular flexibility index (Phi) is 7.94. The summed E-state index contributed by atoms with van der Waals surface area (Å²) in [5.41, 5.74) is 1.49. The zero-order valence-electron chi connectivity index (χ0n) is 15.5. The van der Waals surface area contributed by atoms with E-state index in [4.69, 9.17) is 4.74 Å². The topological polar surface area (TPSA) is 58.5 Å². The monoisotopic (exact) mass is 478 g/mol. The number of aryl methyl sites for hydroxylation is 1. The molecule has 2 N–H and O–H groups in total. The van der Waals surface area contributed by atoms with Crippen molar-refractivity contribution in [3.63, 3.8) is 0 Å². The summed E-state index contributed by atoms with van der Waals surface area (Å²) in [6, 6.07) is 0.490. The Labute approximate surface area is 172 Å². The zero-order valence-corrected chi connectivity index (χ0v) is 18.7. The standard InChI is InChI=1S/C18H30N4OS.HI/c1-4-23-16-11-15(18(16)8-5-6-9-18)22-17(19-3)20-10-7-14-12-24-13(2)21-14;/h12,15-16H,4-11H2,1-3H3,(H2,19,20,22);1H. The minimum atomic E-state index is 0. The number of rotatable bonds is 6. The van der Waals surface area contributed by atoms with E-state index in [-0.39, 0.29) is 24.0 Å². The highest BCUT2D eigenvalue weighted by atomic mass is 127. The molecule has 0 aliphatic heterocycles. The second-order valence-corrected chi connectivity index (χ2v) is 7.99. The van der Waals surface area contributed by atoms with E-state index in [0.717, 1.165) is 42.7 Å². The van der Waals surface area contributed by atoms with Crippen LogP contribution in [0.15, 0.2) is 10.4 Å². The summed E-state index contributed by atoms with van der Waals surface area (Å²) >= 11 is 1.71. The predicted octanol–water partition coefficient (Wildman–Crippen LogP) is 3.51. The van der Waals surface area contributed by atoms with Gasteiger partial charge in [-0.1, -0.05) is 12.8 Å². The van der Waals surface area contributed by atoms with E-state index in [1.54, 1.807) is 11.3 Å². The van der Waals surface area contributed by atoms with Gasteiger partial charge in [-0.15, -0.1) is 35.3 Å². The minimum absolute atomic E-state index is 0. The van der Waals surface area contributed by atoms with Crippen LogP contribution in [0.3, 0.4) is 0 Å². The van der Waals surface area contributed by atoms with Crippen LogP contribution in [0.25, 0.3) is 0 Å². The van der Waals surface area contributed by atoms with Gasteiger partial charge < -0.3 is 15.4 Å². The first-order valence-electron chi connectivity index (χ1n) is 9.17. The van der Waals surface area contributed by atoms with Gasteiger partial charge in [-0.2, -0.15) is 0 Å². The molecule has 2 saturated carbocycles. The van der Waals surface area contributed by atoms with Gasteiger partial charge in [0.1, 0.15) is 0 Å². The number of halogens is 1. The number of nitrogens with one attached hydrogen (secondary N) is 2. The van der Waals surface area contributed by atoms with Crippen LogP contribution in [0.2, 0.25) is 0 Å². The maximum absolute atomic E-state index is 5.99. The molecule has 1 aromatic heterocycles. The molecule has 5 nitrogen and oxygen atoms in total. The highest BCUT2D eigenvalue weighted by Gasteiger charge is 2.56. The van der Waals surface area contributed by atoms with Crippen LogP contribution in [0.1, 0.15) is 49.7 Å². The Hall–Kier alpha value is -0.410. The van der Waals surface area contributed by atoms with Crippen molar-refractivity contribution in [2.24, 2.45) is 10.4 Å². The molecule has 142 valence electrons. The van der Waals surface area contributed by atoms with Gasteiger partial charge in [0.2, 0.25) is 0 Å². The first-order chi connectivity index (χ1) is 11.7. The number of aliphatic imine (C=N–C) groups is 1. The lowest BCUT2D eigenvalue weighted by atomic mass is 9.60. The number of aromatic nitrogens is 1. The van der Waals surface area contributed by atoms with Gasteiger partial charge in [0.25, 0.3) is 0 Å². The molecule has 3 rings (SSSR count). The molecular formula is C18H31IN4OS. The van der Waals surface area contributed by atoms with Crippen molar-refractivity contribution < 1.29 is 4.74 Å². The van der Waals surface area contributed by atoms with Crippen LogP contribution in [-0.2, 0) is 11.2 Å². The second kappa shape index (κ2) is 9.50. The van der Waals surface area contributed by atoms with E-state index in [2.05, 4.69) is 39.8 Å². The van der Waals surface area contributed by atoms with Crippen molar-refractivity contribution in [1.82, 2.24) is 15.6 Å². The summed E-state index contributed by atoms with van der Waals surface area (Å²) in [6.45, 7) is 5.83. The molecule has 0 radical (unpaired) electrons. The van der Waals surface area contributed by atoms with Crippen molar-refractivity contribution in [2.45, 2.75) is 64.5 Å². The maximum Gasteiger partial charge on any atom is 0.191 e. The van der Waals surface area contributed by atoms with Gasteiger partial charge in [0.05, 0.1) is 16.8 Å². The van der Waals surface area contributed by atoms with E-state index in [0.29, 0.717) is 17.6 Å². The zero-order chi connectivity index (χ0) is 17.0. The smallest absolute Gasteiger partial charge is 0.191 e. The Balaban J connectivity index is 0.00000225. The van der Waals surface area contributed by atoms with Gasteiger partial charge in [-0.05, 0) is 33.1 Å². The molecular weight excluding hydrogens is 447 g/mol. The largest absolute Gasteiger partial charge is 0.378 e. The number of guanidine groups is 1. The molecule has 1 aromatic rings. The van der Waals surface area contributed by atoms with Crippen LogP contribution < -0.4 is 10.6 Å². The van der Waals surface area contributed by atoms with E-state index in [1.807, 2.05) is 7.05 Å². The first kappa shape index (κ1) is 20.9. The minimum Gasteiger partial charge on any atom is -0.378 e. The first-order valence-corrected chi connectivity index (χ1v) is 10.1. The number of nitrogens with zero attached hydrogens (tertiary/aromatic N) is 2.